The summed E-state index contributed by atoms with van der Waals surface area (Å²) < 4.78 is 1.30. The summed E-state index contributed by atoms with van der Waals surface area (Å²) in [7, 11) is 0. The summed E-state index contributed by atoms with van der Waals surface area (Å²) in [6.07, 6.45) is 1.54. The van der Waals surface area contributed by atoms with Crippen LogP contribution >= 0.6 is 11.3 Å². The van der Waals surface area contributed by atoms with E-state index in [1.54, 1.807) is 12.3 Å². The molecule has 0 unspecified atom stereocenters. The molecule has 0 fully saturated rings. The van der Waals surface area contributed by atoms with Crippen LogP contribution in [-0.4, -0.2) is 20.5 Å². The zero-order chi connectivity index (χ0) is 13.7. The first-order valence-electron chi connectivity index (χ1n) is 5.65. The van der Waals surface area contributed by atoms with Gasteiger partial charge in [-0.05, 0) is 31.5 Å². The molecule has 0 saturated heterocycles. The van der Waals surface area contributed by atoms with Gasteiger partial charge in [0.15, 0.2) is 5.65 Å². The normalized spacial score (nSPS) is 11.3. The average molecular weight is 274 g/mol. The molecular weight excluding hydrogens is 264 g/mol. The molecule has 6 heteroatoms. The van der Waals surface area contributed by atoms with Crippen molar-refractivity contribution in [3.8, 4) is 0 Å². The van der Waals surface area contributed by atoms with Gasteiger partial charge in [-0.15, -0.1) is 11.3 Å². The number of fused-ring (bicyclic) bond motifs is 2. The van der Waals surface area contributed by atoms with Gasteiger partial charge >= 0.3 is 5.97 Å². The topological polar surface area (TPSA) is 71.7 Å². The van der Waals surface area contributed by atoms with Crippen molar-refractivity contribution in [2.45, 2.75) is 13.8 Å². The maximum atomic E-state index is 12.4. The highest BCUT2D eigenvalue weighted by molar-refractivity contribution is 7.18. The van der Waals surface area contributed by atoms with Crippen molar-refractivity contribution in [2.24, 2.45) is 0 Å². The number of aromatic carboxylic acids is 1. The lowest BCUT2D eigenvalue weighted by Gasteiger charge is -2.03. The molecule has 3 heterocycles. The van der Waals surface area contributed by atoms with Crippen LogP contribution in [0, 0.1) is 13.8 Å². The van der Waals surface area contributed by atoms with Crippen molar-refractivity contribution in [3.63, 3.8) is 0 Å². The Morgan fingerprint density at radius 1 is 1.42 bits per heavy atom. The standard InChI is InChI=1S/C13H10N2O3S/c1-6-7(2)19-11-9(6)12(16)15-5-3-4-8(13(17)18)10(15)14-11/h3-5H,1-2H3,(H,17,18). The van der Waals surface area contributed by atoms with Crippen LogP contribution in [0.15, 0.2) is 23.1 Å². The zero-order valence-corrected chi connectivity index (χ0v) is 11.1. The molecule has 0 saturated carbocycles. The number of rotatable bonds is 1. The molecule has 0 aliphatic heterocycles. The Labute approximate surface area is 111 Å². The van der Waals surface area contributed by atoms with E-state index in [0.29, 0.717) is 10.2 Å². The number of hydrogen-bond donors (Lipinski definition) is 1. The van der Waals surface area contributed by atoms with Crippen molar-refractivity contribution >= 4 is 33.2 Å². The fourth-order valence-corrected chi connectivity index (χ4v) is 3.12. The number of nitrogens with zero attached hydrogens (tertiary/aromatic N) is 2. The number of pyridine rings is 1. The van der Waals surface area contributed by atoms with Gasteiger partial charge in [0, 0.05) is 11.1 Å². The Balaban J connectivity index is 2.61. The second-order valence-electron chi connectivity index (χ2n) is 4.30. The zero-order valence-electron chi connectivity index (χ0n) is 10.3. The minimum absolute atomic E-state index is 0.0326. The highest BCUT2D eigenvalue weighted by Crippen LogP contribution is 2.26. The molecule has 0 aromatic carbocycles. The fourth-order valence-electron chi connectivity index (χ4n) is 2.10. The monoisotopic (exact) mass is 274 g/mol. The molecule has 0 aliphatic carbocycles. The van der Waals surface area contributed by atoms with Crippen LogP contribution in [0.5, 0.6) is 0 Å². The summed E-state index contributed by atoms with van der Waals surface area (Å²) in [4.78, 5) is 29.6. The Kier molecular flexibility index (Phi) is 2.43. The molecule has 3 aromatic heterocycles. The SMILES string of the molecule is Cc1sc2nc3c(C(=O)O)cccn3c(=O)c2c1C. The van der Waals surface area contributed by atoms with Crippen LogP contribution in [0.4, 0.5) is 0 Å². The molecule has 0 spiro atoms. The Morgan fingerprint density at radius 2 is 2.16 bits per heavy atom. The summed E-state index contributed by atoms with van der Waals surface area (Å²) in [6, 6.07) is 2.99. The Bertz CT molecular complexity index is 892. The van der Waals surface area contributed by atoms with Crippen molar-refractivity contribution in [1.82, 2.24) is 9.38 Å². The summed E-state index contributed by atoms with van der Waals surface area (Å²) >= 11 is 1.41. The third kappa shape index (κ3) is 1.57. The van der Waals surface area contributed by atoms with Crippen LogP contribution < -0.4 is 5.56 Å². The number of hydrogen-bond acceptors (Lipinski definition) is 4. The van der Waals surface area contributed by atoms with Gasteiger partial charge < -0.3 is 5.11 Å². The first-order valence-corrected chi connectivity index (χ1v) is 6.46. The van der Waals surface area contributed by atoms with Gasteiger partial charge in [-0.1, -0.05) is 0 Å². The lowest BCUT2D eigenvalue weighted by Crippen LogP contribution is -2.17. The summed E-state index contributed by atoms with van der Waals surface area (Å²) in [5.74, 6) is -1.09. The molecule has 0 bridgehead atoms. The van der Waals surface area contributed by atoms with E-state index in [-0.39, 0.29) is 16.8 Å². The fraction of sp³-hybridized carbons (Fsp3) is 0.154. The van der Waals surface area contributed by atoms with Crippen LogP contribution in [0.1, 0.15) is 20.8 Å². The van der Waals surface area contributed by atoms with E-state index >= 15 is 0 Å². The second kappa shape index (κ2) is 3.89. The lowest BCUT2D eigenvalue weighted by molar-refractivity contribution is 0.0698. The van der Waals surface area contributed by atoms with Crippen LogP contribution in [0.2, 0.25) is 0 Å². The summed E-state index contributed by atoms with van der Waals surface area (Å²) in [5, 5.41) is 9.73. The number of aromatic nitrogens is 2. The second-order valence-corrected chi connectivity index (χ2v) is 5.50. The maximum absolute atomic E-state index is 12.4. The van der Waals surface area contributed by atoms with E-state index in [0.717, 1.165) is 10.4 Å². The van der Waals surface area contributed by atoms with Gasteiger partial charge in [-0.25, -0.2) is 9.78 Å². The Hall–Kier alpha value is -2.21. The molecule has 0 atom stereocenters. The molecule has 0 amide bonds. The molecule has 0 aliphatic rings. The number of carboxylic acids is 1. The van der Waals surface area contributed by atoms with Crippen molar-refractivity contribution in [1.29, 1.82) is 0 Å². The van der Waals surface area contributed by atoms with E-state index in [9.17, 15) is 9.59 Å². The van der Waals surface area contributed by atoms with Gasteiger partial charge in [-0.2, -0.15) is 0 Å². The molecule has 5 nitrogen and oxygen atoms in total. The molecular formula is C13H10N2O3S. The van der Waals surface area contributed by atoms with Gasteiger partial charge in [0.2, 0.25) is 0 Å². The summed E-state index contributed by atoms with van der Waals surface area (Å²) in [6.45, 7) is 3.80. The quantitative estimate of drug-likeness (QED) is 0.738. The molecule has 3 rings (SSSR count). The minimum Gasteiger partial charge on any atom is -0.478 e. The third-order valence-electron chi connectivity index (χ3n) is 3.20. The highest BCUT2D eigenvalue weighted by Gasteiger charge is 2.16. The molecule has 0 radical (unpaired) electrons. The van der Waals surface area contributed by atoms with Gasteiger partial charge in [0.05, 0.1) is 5.39 Å². The van der Waals surface area contributed by atoms with Gasteiger partial charge in [0.25, 0.3) is 5.56 Å². The third-order valence-corrected chi connectivity index (χ3v) is 4.31. The number of aryl methyl sites for hydroxylation is 2. The number of carboxylic acid groups (broad SMARTS) is 1. The summed E-state index contributed by atoms with van der Waals surface area (Å²) in [5.41, 5.74) is 0.913. The number of thiophene rings is 1. The van der Waals surface area contributed by atoms with Crippen molar-refractivity contribution in [2.75, 3.05) is 0 Å². The van der Waals surface area contributed by atoms with Crippen LogP contribution in [-0.2, 0) is 0 Å². The van der Waals surface area contributed by atoms with Crippen molar-refractivity contribution < 1.29 is 9.90 Å². The first-order chi connectivity index (χ1) is 9.00. The predicted octanol–water partition coefficient (Wildman–Crippen LogP) is 2.22. The lowest BCUT2D eigenvalue weighted by atomic mass is 10.2. The molecule has 96 valence electrons. The van der Waals surface area contributed by atoms with Gasteiger partial charge in [-0.3, -0.25) is 9.20 Å². The average Bonchev–Trinajstić information content (AvgIpc) is 2.64. The number of carbonyl (C=O) groups is 1. The van der Waals surface area contributed by atoms with Crippen LogP contribution in [0.25, 0.3) is 15.9 Å². The van der Waals surface area contributed by atoms with Crippen molar-refractivity contribution in [3.05, 3.63) is 44.7 Å². The van der Waals surface area contributed by atoms with E-state index in [1.807, 2.05) is 13.8 Å². The first kappa shape index (κ1) is 11.9. The smallest absolute Gasteiger partial charge is 0.339 e. The molecule has 1 N–H and O–H groups in total. The maximum Gasteiger partial charge on any atom is 0.339 e. The molecule has 3 aromatic rings. The van der Waals surface area contributed by atoms with E-state index in [2.05, 4.69) is 4.98 Å². The van der Waals surface area contributed by atoms with E-state index in [4.69, 9.17) is 5.11 Å². The van der Waals surface area contributed by atoms with Crippen LogP contribution in [0.3, 0.4) is 0 Å². The highest BCUT2D eigenvalue weighted by atomic mass is 32.1. The van der Waals surface area contributed by atoms with E-state index in [1.165, 1.54) is 21.8 Å². The van der Waals surface area contributed by atoms with E-state index < -0.39 is 5.97 Å². The Morgan fingerprint density at radius 3 is 2.84 bits per heavy atom. The molecule has 19 heavy (non-hydrogen) atoms. The minimum atomic E-state index is -1.09. The van der Waals surface area contributed by atoms with Gasteiger partial charge in [0.1, 0.15) is 10.4 Å². The largest absolute Gasteiger partial charge is 0.478 e. The predicted molar refractivity (Wildman–Crippen MR) is 73.3 cm³/mol.